The van der Waals surface area contributed by atoms with E-state index in [2.05, 4.69) is 20.9 Å². The van der Waals surface area contributed by atoms with Gasteiger partial charge in [-0.2, -0.15) is 0 Å². The van der Waals surface area contributed by atoms with Crippen molar-refractivity contribution in [2.75, 3.05) is 13.2 Å². The average molecular weight is 313 g/mol. The Morgan fingerprint density at radius 1 is 1.56 bits per heavy atom. The zero-order valence-corrected chi connectivity index (χ0v) is 11.9. The van der Waals surface area contributed by atoms with Crippen LogP contribution in [0, 0.1) is 5.92 Å². The molecular weight excluding hydrogens is 296 g/mol. The minimum Gasteiger partial charge on any atom is -0.396 e. The minimum atomic E-state index is -0.0480. The lowest BCUT2D eigenvalue weighted by Gasteiger charge is -2.37. The van der Waals surface area contributed by atoms with Gasteiger partial charge in [-0.1, -0.05) is 0 Å². The standard InChI is InChI=1S/C13H17BrN2O2/c1-9-2-3-10(8-17)7-16(9)13(18)12-5-4-11(14)6-15-12/h4-6,9-10,17H,2-3,7-8H2,1H3. The van der Waals surface area contributed by atoms with Crippen molar-refractivity contribution in [2.24, 2.45) is 5.92 Å². The number of piperidine rings is 1. The Labute approximate surface area is 115 Å². The highest BCUT2D eigenvalue weighted by Gasteiger charge is 2.29. The van der Waals surface area contributed by atoms with E-state index in [1.165, 1.54) is 0 Å². The number of hydrogen-bond donors (Lipinski definition) is 1. The van der Waals surface area contributed by atoms with Crippen LogP contribution in [0.15, 0.2) is 22.8 Å². The first-order valence-corrected chi connectivity index (χ1v) is 6.94. The van der Waals surface area contributed by atoms with Gasteiger partial charge in [-0.05, 0) is 53.7 Å². The van der Waals surface area contributed by atoms with E-state index in [1.807, 2.05) is 17.9 Å². The van der Waals surface area contributed by atoms with Gasteiger partial charge in [0.25, 0.3) is 5.91 Å². The molecule has 0 saturated carbocycles. The quantitative estimate of drug-likeness (QED) is 0.909. The normalized spacial score (nSPS) is 24.1. The molecule has 1 aliphatic heterocycles. The number of aliphatic hydroxyl groups is 1. The smallest absolute Gasteiger partial charge is 0.272 e. The van der Waals surface area contributed by atoms with Crippen molar-refractivity contribution in [3.63, 3.8) is 0 Å². The maximum atomic E-state index is 12.3. The molecule has 5 heteroatoms. The molecule has 1 amide bonds. The van der Waals surface area contributed by atoms with E-state index in [0.29, 0.717) is 12.2 Å². The van der Waals surface area contributed by atoms with Gasteiger partial charge in [-0.3, -0.25) is 4.79 Å². The van der Waals surface area contributed by atoms with Crippen LogP contribution in [0.2, 0.25) is 0 Å². The summed E-state index contributed by atoms with van der Waals surface area (Å²) in [5, 5.41) is 9.22. The molecule has 98 valence electrons. The molecule has 0 radical (unpaired) electrons. The molecule has 0 aromatic carbocycles. The Morgan fingerprint density at radius 2 is 2.33 bits per heavy atom. The predicted molar refractivity (Wildman–Crippen MR) is 72.2 cm³/mol. The van der Waals surface area contributed by atoms with Crippen LogP contribution in [-0.4, -0.2) is 40.1 Å². The zero-order chi connectivity index (χ0) is 13.1. The van der Waals surface area contributed by atoms with E-state index in [9.17, 15) is 9.90 Å². The summed E-state index contributed by atoms with van der Waals surface area (Å²) in [6.07, 6.45) is 3.55. The predicted octanol–water partition coefficient (Wildman–Crippen LogP) is 2.08. The van der Waals surface area contributed by atoms with Gasteiger partial charge in [0.1, 0.15) is 5.69 Å². The van der Waals surface area contributed by atoms with Crippen LogP contribution in [-0.2, 0) is 0 Å². The Bertz CT molecular complexity index is 422. The number of rotatable bonds is 2. The number of likely N-dealkylation sites (tertiary alicyclic amines) is 1. The molecule has 2 heterocycles. The molecule has 0 aliphatic carbocycles. The monoisotopic (exact) mass is 312 g/mol. The lowest BCUT2D eigenvalue weighted by atomic mass is 9.94. The Morgan fingerprint density at radius 3 is 2.94 bits per heavy atom. The van der Waals surface area contributed by atoms with Gasteiger partial charge in [0, 0.05) is 29.9 Å². The van der Waals surface area contributed by atoms with Crippen molar-refractivity contribution < 1.29 is 9.90 Å². The molecule has 0 bridgehead atoms. The molecular formula is C13H17BrN2O2. The number of hydrogen-bond acceptors (Lipinski definition) is 3. The molecule has 4 nitrogen and oxygen atoms in total. The number of nitrogens with zero attached hydrogens (tertiary/aromatic N) is 2. The van der Waals surface area contributed by atoms with Crippen LogP contribution in [0.25, 0.3) is 0 Å². The molecule has 1 N–H and O–H groups in total. The van der Waals surface area contributed by atoms with Gasteiger partial charge < -0.3 is 10.0 Å². The number of aromatic nitrogens is 1. The average Bonchev–Trinajstić information content (AvgIpc) is 2.39. The van der Waals surface area contributed by atoms with Crippen LogP contribution in [0.3, 0.4) is 0 Å². The maximum absolute atomic E-state index is 12.3. The summed E-state index contributed by atoms with van der Waals surface area (Å²) < 4.78 is 0.860. The molecule has 0 spiro atoms. The van der Waals surface area contributed by atoms with E-state index in [1.54, 1.807) is 12.3 Å². The van der Waals surface area contributed by atoms with Gasteiger partial charge in [0.05, 0.1) is 0 Å². The summed E-state index contributed by atoms with van der Waals surface area (Å²) in [4.78, 5) is 18.3. The molecule has 18 heavy (non-hydrogen) atoms. The number of carbonyl (C=O) groups excluding carboxylic acids is 1. The Hall–Kier alpha value is -0.940. The second-order valence-electron chi connectivity index (χ2n) is 4.79. The van der Waals surface area contributed by atoms with Gasteiger partial charge in [0.15, 0.2) is 0 Å². The van der Waals surface area contributed by atoms with Crippen LogP contribution in [0.1, 0.15) is 30.3 Å². The van der Waals surface area contributed by atoms with Crippen molar-refractivity contribution in [3.05, 3.63) is 28.5 Å². The molecule has 1 saturated heterocycles. The van der Waals surface area contributed by atoms with Crippen molar-refractivity contribution in [1.29, 1.82) is 0 Å². The lowest BCUT2D eigenvalue weighted by molar-refractivity contribution is 0.0483. The highest BCUT2D eigenvalue weighted by Crippen LogP contribution is 2.23. The molecule has 1 aromatic heterocycles. The molecule has 2 unspecified atom stereocenters. The van der Waals surface area contributed by atoms with Crippen molar-refractivity contribution in [2.45, 2.75) is 25.8 Å². The van der Waals surface area contributed by atoms with Crippen LogP contribution < -0.4 is 0 Å². The summed E-state index contributed by atoms with van der Waals surface area (Å²) in [6, 6.07) is 3.76. The minimum absolute atomic E-state index is 0.0480. The first-order valence-electron chi connectivity index (χ1n) is 6.15. The fourth-order valence-corrected chi connectivity index (χ4v) is 2.50. The summed E-state index contributed by atoms with van der Waals surface area (Å²) in [5.41, 5.74) is 0.462. The second-order valence-corrected chi connectivity index (χ2v) is 5.71. The summed E-state index contributed by atoms with van der Waals surface area (Å²) >= 11 is 3.30. The van der Waals surface area contributed by atoms with Crippen molar-refractivity contribution in [3.8, 4) is 0 Å². The van der Waals surface area contributed by atoms with E-state index < -0.39 is 0 Å². The Kier molecular flexibility index (Phi) is 4.35. The molecule has 1 aromatic rings. The summed E-state index contributed by atoms with van der Waals surface area (Å²) in [5.74, 6) is 0.147. The zero-order valence-electron chi connectivity index (χ0n) is 10.3. The topological polar surface area (TPSA) is 53.4 Å². The van der Waals surface area contributed by atoms with Crippen molar-refractivity contribution in [1.82, 2.24) is 9.88 Å². The molecule has 1 aliphatic rings. The fraction of sp³-hybridized carbons (Fsp3) is 0.538. The third kappa shape index (κ3) is 2.90. The van der Waals surface area contributed by atoms with E-state index in [0.717, 1.165) is 17.3 Å². The van der Waals surface area contributed by atoms with Crippen LogP contribution >= 0.6 is 15.9 Å². The van der Waals surface area contributed by atoms with Gasteiger partial charge in [0.2, 0.25) is 0 Å². The summed E-state index contributed by atoms with van der Waals surface area (Å²) in [6.45, 7) is 2.81. The van der Waals surface area contributed by atoms with Crippen LogP contribution in [0.4, 0.5) is 0 Å². The van der Waals surface area contributed by atoms with Gasteiger partial charge in [-0.15, -0.1) is 0 Å². The lowest BCUT2D eigenvalue weighted by Crippen LogP contribution is -2.46. The third-order valence-electron chi connectivity index (χ3n) is 3.45. The largest absolute Gasteiger partial charge is 0.396 e. The number of aliphatic hydroxyl groups excluding tert-OH is 1. The first-order chi connectivity index (χ1) is 8.61. The highest BCUT2D eigenvalue weighted by atomic mass is 79.9. The second kappa shape index (κ2) is 5.80. The maximum Gasteiger partial charge on any atom is 0.272 e. The van der Waals surface area contributed by atoms with E-state index in [-0.39, 0.29) is 24.5 Å². The van der Waals surface area contributed by atoms with Crippen molar-refractivity contribution >= 4 is 21.8 Å². The van der Waals surface area contributed by atoms with Gasteiger partial charge in [-0.25, -0.2) is 4.98 Å². The third-order valence-corrected chi connectivity index (χ3v) is 3.91. The van der Waals surface area contributed by atoms with Crippen LogP contribution in [0.5, 0.6) is 0 Å². The van der Waals surface area contributed by atoms with E-state index >= 15 is 0 Å². The number of carbonyl (C=O) groups is 1. The Balaban J connectivity index is 2.13. The number of halogens is 1. The molecule has 2 atom stereocenters. The summed E-state index contributed by atoms with van der Waals surface area (Å²) in [7, 11) is 0. The number of pyridine rings is 1. The van der Waals surface area contributed by atoms with Gasteiger partial charge >= 0.3 is 0 Å². The SMILES string of the molecule is CC1CCC(CO)CN1C(=O)c1ccc(Br)cn1. The van der Waals surface area contributed by atoms with E-state index in [4.69, 9.17) is 0 Å². The first kappa shape index (κ1) is 13.5. The fourth-order valence-electron chi connectivity index (χ4n) is 2.26. The number of amides is 1. The molecule has 1 fully saturated rings. The highest BCUT2D eigenvalue weighted by molar-refractivity contribution is 9.10. The molecule has 2 rings (SSSR count).